The van der Waals surface area contributed by atoms with Gasteiger partial charge < -0.3 is 14.6 Å². The van der Waals surface area contributed by atoms with E-state index in [1.807, 2.05) is 6.92 Å². The van der Waals surface area contributed by atoms with Gasteiger partial charge in [-0.2, -0.15) is 8.78 Å². The molecule has 0 fully saturated rings. The van der Waals surface area contributed by atoms with Gasteiger partial charge in [-0.25, -0.2) is 26.3 Å². The normalized spacial score (nSPS) is 12.1. The molecule has 1 N–H and O–H groups in total. The van der Waals surface area contributed by atoms with Crippen LogP contribution in [0.15, 0.2) is 30.3 Å². The van der Waals surface area contributed by atoms with E-state index in [4.69, 9.17) is 0 Å². The predicted octanol–water partition coefficient (Wildman–Crippen LogP) is 8.65. The van der Waals surface area contributed by atoms with Gasteiger partial charge in [0.1, 0.15) is 34.5 Å². The number of rotatable bonds is 9. The van der Waals surface area contributed by atoms with Crippen LogP contribution in [-0.4, -0.2) is 11.5 Å². The van der Waals surface area contributed by atoms with E-state index in [1.54, 1.807) is 0 Å². The second kappa shape index (κ2) is 11.2. The molecular weight excluding hydrogens is 557 g/mol. The van der Waals surface area contributed by atoms with Gasteiger partial charge in [0.25, 0.3) is 0 Å². The van der Waals surface area contributed by atoms with Crippen LogP contribution in [0.5, 0.6) is 17.2 Å². The highest BCUT2D eigenvalue weighted by Gasteiger charge is 2.44. The summed E-state index contributed by atoms with van der Waals surface area (Å²) in [6.45, 7) is 1.88. The number of benzene rings is 3. The maximum atomic E-state index is 15.2. The van der Waals surface area contributed by atoms with Crippen LogP contribution in [0, 0.1) is 34.9 Å². The van der Waals surface area contributed by atoms with Crippen molar-refractivity contribution in [3.05, 3.63) is 76.4 Å². The van der Waals surface area contributed by atoms with Crippen molar-refractivity contribution in [2.75, 3.05) is 0 Å². The van der Waals surface area contributed by atoms with Gasteiger partial charge in [-0.05, 0) is 30.5 Å². The average Bonchev–Trinajstić information content (AvgIpc) is 2.77. The van der Waals surface area contributed by atoms with Crippen molar-refractivity contribution in [2.24, 2.45) is 0 Å². The maximum absolute atomic E-state index is 15.2. The Bertz CT molecular complexity index is 1320. The van der Waals surface area contributed by atoms with E-state index in [2.05, 4.69) is 9.47 Å². The van der Waals surface area contributed by atoms with Crippen molar-refractivity contribution in [1.82, 2.24) is 0 Å². The van der Waals surface area contributed by atoms with E-state index in [0.717, 1.165) is 25.0 Å². The van der Waals surface area contributed by atoms with Crippen LogP contribution < -0.4 is 9.47 Å². The molecule has 39 heavy (non-hydrogen) atoms. The molecule has 3 nitrogen and oxygen atoms in total. The average molecular weight is 574 g/mol. The fraction of sp³-hybridized carbons (Fsp3) is 0.280. The van der Waals surface area contributed by atoms with E-state index in [-0.39, 0.29) is 30.2 Å². The Morgan fingerprint density at radius 2 is 1.26 bits per heavy atom. The Kier molecular flexibility index (Phi) is 8.56. The summed E-state index contributed by atoms with van der Waals surface area (Å²) in [6, 6.07) is 1.08. The van der Waals surface area contributed by atoms with Crippen molar-refractivity contribution >= 4 is 0 Å². The molecule has 0 aromatic heterocycles. The molecule has 0 aliphatic heterocycles. The quantitative estimate of drug-likeness (QED) is 0.205. The summed E-state index contributed by atoms with van der Waals surface area (Å²) in [7, 11) is 0. The molecule has 0 heterocycles. The summed E-state index contributed by atoms with van der Waals surface area (Å²) >= 11 is 0. The number of aromatic hydroxyl groups is 1. The predicted molar refractivity (Wildman–Crippen MR) is 114 cm³/mol. The number of phenolic OH excluding ortho intramolecular Hbond substituents is 1. The second-order valence-corrected chi connectivity index (χ2v) is 8.22. The number of hydrogen-bond donors (Lipinski definition) is 1. The van der Waals surface area contributed by atoms with Crippen LogP contribution in [0.2, 0.25) is 0 Å². The van der Waals surface area contributed by atoms with E-state index in [1.165, 1.54) is 0 Å². The van der Waals surface area contributed by atoms with Gasteiger partial charge >= 0.3 is 12.5 Å². The Morgan fingerprint density at radius 3 is 1.77 bits per heavy atom. The van der Waals surface area contributed by atoms with Crippen molar-refractivity contribution in [1.29, 1.82) is 0 Å². The zero-order chi connectivity index (χ0) is 29.3. The van der Waals surface area contributed by atoms with Crippen LogP contribution in [0.1, 0.15) is 37.3 Å². The highest BCUT2D eigenvalue weighted by Crippen LogP contribution is 2.44. The van der Waals surface area contributed by atoms with Gasteiger partial charge in [0.15, 0.2) is 17.5 Å². The lowest BCUT2D eigenvalue weighted by Crippen LogP contribution is -2.26. The summed E-state index contributed by atoms with van der Waals surface area (Å²) in [5, 5.41) is 9.99. The topological polar surface area (TPSA) is 38.7 Å². The van der Waals surface area contributed by atoms with Crippen LogP contribution in [0.3, 0.4) is 0 Å². The van der Waals surface area contributed by atoms with Crippen molar-refractivity contribution < 1.29 is 62.9 Å². The first-order chi connectivity index (χ1) is 18.1. The van der Waals surface area contributed by atoms with E-state index in [9.17, 15) is 49.0 Å². The number of alkyl halides is 5. The Hall–Kier alpha value is -3.71. The minimum absolute atomic E-state index is 0.0967. The first-order valence-corrected chi connectivity index (χ1v) is 11.1. The number of aryl methyl sites for hydroxylation is 1. The second-order valence-electron chi connectivity index (χ2n) is 8.22. The molecule has 0 bridgehead atoms. The van der Waals surface area contributed by atoms with E-state index in [0.29, 0.717) is 6.42 Å². The molecular formula is C25H17F11O3. The summed E-state index contributed by atoms with van der Waals surface area (Å²) in [4.78, 5) is 0. The molecule has 0 saturated carbocycles. The fourth-order valence-corrected chi connectivity index (χ4v) is 3.71. The SMILES string of the molecule is CCCCCc1cc(F)c(-c2c(O)cc(F)c(C(F)(F)Oc3cc(F)c(OC(F)(F)F)c(F)c3)c2F)c(F)c1. The smallest absolute Gasteiger partial charge is 0.507 e. The van der Waals surface area contributed by atoms with Gasteiger partial charge in [-0.3, -0.25) is 0 Å². The molecule has 3 aromatic rings. The summed E-state index contributed by atoms with van der Waals surface area (Å²) in [5.74, 6) is -16.9. The zero-order valence-electron chi connectivity index (χ0n) is 19.6. The van der Waals surface area contributed by atoms with Gasteiger partial charge in [-0.1, -0.05) is 19.8 Å². The number of ether oxygens (including phenoxy) is 2. The maximum Gasteiger partial charge on any atom is 0.573 e. The third-order valence-electron chi connectivity index (χ3n) is 5.34. The molecule has 0 amide bonds. The monoisotopic (exact) mass is 574 g/mol. The van der Waals surface area contributed by atoms with E-state index < -0.39 is 81.3 Å². The summed E-state index contributed by atoms with van der Waals surface area (Å²) in [5.41, 5.74) is -5.00. The van der Waals surface area contributed by atoms with Crippen LogP contribution in [0.25, 0.3) is 11.1 Å². The highest BCUT2D eigenvalue weighted by atomic mass is 19.4. The Morgan fingerprint density at radius 1 is 0.692 bits per heavy atom. The lowest BCUT2D eigenvalue weighted by molar-refractivity contribution is -0.276. The van der Waals surface area contributed by atoms with Crippen LogP contribution in [-0.2, 0) is 12.5 Å². The Balaban J connectivity index is 2.06. The van der Waals surface area contributed by atoms with Crippen LogP contribution >= 0.6 is 0 Å². The lowest BCUT2D eigenvalue weighted by atomic mass is 9.96. The minimum Gasteiger partial charge on any atom is -0.507 e. The molecule has 3 aromatic carbocycles. The molecule has 0 aliphatic carbocycles. The van der Waals surface area contributed by atoms with Crippen molar-refractivity contribution in [3.8, 4) is 28.4 Å². The third kappa shape index (κ3) is 6.66. The summed E-state index contributed by atoms with van der Waals surface area (Å²) < 4.78 is 161. The zero-order valence-corrected chi connectivity index (χ0v) is 19.6. The van der Waals surface area contributed by atoms with Crippen molar-refractivity contribution in [2.45, 2.75) is 45.1 Å². The number of phenols is 1. The molecule has 0 radical (unpaired) electrons. The van der Waals surface area contributed by atoms with Gasteiger partial charge in [0.05, 0.1) is 11.1 Å². The number of unbranched alkanes of at least 4 members (excludes halogenated alkanes) is 2. The molecule has 0 aliphatic rings. The third-order valence-corrected chi connectivity index (χ3v) is 5.34. The molecule has 0 atom stereocenters. The van der Waals surface area contributed by atoms with Gasteiger partial charge in [0, 0.05) is 18.2 Å². The Labute approximate surface area is 213 Å². The first kappa shape index (κ1) is 29.8. The minimum atomic E-state index is -5.55. The molecule has 212 valence electrons. The fourth-order valence-electron chi connectivity index (χ4n) is 3.71. The van der Waals surface area contributed by atoms with Gasteiger partial charge in [0.2, 0.25) is 5.75 Å². The molecule has 14 heteroatoms. The van der Waals surface area contributed by atoms with Crippen molar-refractivity contribution in [3.63, 3.8) is 0 Å². The largest absolute Gasteiger partial charge is 0.573 e. The van der Waals surface area contributed by atoms with Gasteiger partial charge in [-0.15, -0.1) is 13.2 Å². The van der Waals surface area contributed by atoms with Crippen LogP contribution in [0.4, 0.5) is 48.3 Å². The molecule has 3 rings (SSSR count). The first-order valence-electron chi connectivity index (χ1n) is 11.1. The lowest BCUT2D eigenvalue weighted by Gasteiger charge is -2.22. The molecule has 0 spiro atoms. The molecule has 0 unspecified atom stereocenters. The molecule has 0 saturated heterocycles. The van der Waals surface area contributed by atoms with E-state index >= 15 is 4.39 Å². The number of halogens is 11. The summed E-state index contributed by atoms with van der Waals surface area (Å²) in [6.07, 6.45) is -8.44. The standard InChI is InChI=1S/C25H17F11O3/c1-2-3-4-5-11-6-13(26)19(14(27)7-11)20-18(37)10-15(28)21(22(20)31)24(32,33)38-12-8-16(29)23(17(30)9-12)39-25(34,35)36/h6-10,37H,2-5H2,1H3. The highest BCUT2D eigenvalue weighted by molar-refractivity contribution is 5.73. The number of hydrogen-bond acceptors (Lipinski definition) is 3.